The molecule has 1 atom stereocenters. The number of β-amino-alcohol motifs (C(OH)–C–C–N with tert-alkyl or cyclic N) is 1. The van der Waals surface area contributed by atoms with Gasteiger partial charge in [0.05, 0.1) is 11.8 Å². The predicted molar refractivity (Wildman–Crippen MR) is 124 cm³/mol. The van der Waals surface area contributed by atoms with Crippen molar-refractivity contribution in [2.75, 3.05) is 32.1 Å². The Hall–Kier alpha value is -2.47. The summed E-state index contributed by atoms with van der Waals surface area (Å²) in [6.07, 6.45) is -1.68. The van der Waals surface area contributed by atoms with E-state index >= 15 is 0 Å². The van der Waals surface area contributed by atoms with Gasteiger partial charge in [-0.3, -0.25) is 9.80 Å². The van der Waals surface area contributed by atoms with Gasteiger partial charge in [-0.25, -0.2) is 9.37 Å². The lowest BCUT2D eigenvalue weighted by Crippen LogP contribution is -2.69. The van der Waals surface area contributed by atoms with Gasteiger partial charge >= 0.3 is 6.36 Å². The number of aromatic nitrogens is 1. The molecule has 7 nitrogen and oxygen atoms in total. The number of aliphatic hydroxyl groups excluding tert-OH is 1. The first-order valence-electron chi connectivity index (χ1n) is 11.9. The van der Waals surface area contributed by atoms with E-state index < -0.39 is 35.1 Å². The second-order valence-electron chi connectivity index (χ2n) is 10.6. The first-order chi connectivity index (χ1) is 16.8. The number of hydrogen-bond donors (Lipinski definition) is 2. The largest absolute Gasteiger partial charge is 0.573 e. The Labute approximate surface area is 206 Å². The number of hydrogen-bond acceptors (Lipinski definition) is 7. The summed E-state index contributed by atoms with van der Waals surface area (Å²) in [6.45, 7) is 0.605. The van der Waals surface area contributed by atoms with Crippen LogP contribution in [0.2, 0.25) is 0 Å². The summed E-state index contributed by atoms with van der Waals surface area (Å²) in [4.78, 5) is 9.69. The molecule has 2 saturated carbocycles. The number of nitrogens with zero attached hydrogens (tertiary/aromatic N) is 4. The number of anilines is 1. The maximum Gasteiger partial charge on any atom is 0.573 e. The molecule has 0 radical (unpaired) electrons. The first kappa shape index (κ1) is 25.2. The van der Waals surface area contributed by atoms with Crippen molar-refractivity contribution in [3.8, 4) is 5.75 Å². The van der Waals surface area contributed by atoms with Gasteiger partial charge in [0.25, 0.3) is 0 Å². The molecule has 2 aromatic rings. The van der Waals surface area contributed by atoms with E-state index in [0.29, 0.717) is 38.0 Å². The Morgan fingerprint density at radius 1 is 1.17 bits per heavy atom. The zero-order valence-corrected chi connectivity index (χ0v) is 20.2. The van der Waals surface area contributed by atoms with Crippen molar-refractivity contribution in [1.82, 2.24) is 14.8 Å². The van der Waals surface area contributed by atoms with Crippen LogP contribution in [0.5, 0.6) is 5.75 Å². The molecule has 0 bridgehead atoms. The summed E-state index contributed by atoms with van der Waals surface area (Å²) < 4.78 is 55.7. The van der Waals surface area contributed by atoms with Crippen molar-refractivity contribution in [2.24, 2.45) is 0 Å². The fraction of sp³-hybridized carbons (Fsp3) is 0.560. The number of pyridine rings is 1. The topological polar surface area (TPSA) is 72.3 Å². The van der Waals surface area contributed by atoms with Crippen molar-refractivity contribution in [3.63, 3.8) is 0 Å². The molecule has 196 valence electrons. The molecule has 11 heteroatoms. The average Bonchev–Trinajstić information content (AvgIpc) is 3.03. The number of rotatable bonds is 6. The lowest BCUT2D eigenvalue weighted by molar-refractivity contribution is -0.274. The van der Waals surface area contributed by atoms with Crippen LogP contribution in [0.3, 0.4) is 0 Å². The van der Waals surface area contributed by atoms with E-state index in [1.807, 2.05) is 25.1 Å². The minimum atomic E-state index is -4.83. The molecule has 3 aliphatic rings. The summed E-state index contributed by atoms with van der Waals surface area (Å²) in [6, 6.07) is 9.04. The second-order valence-corrected chi connectivity index (χ2v) is 10.6. The molecule has 1 aliphatic heterocycles. The summed E-state index contributed by atoms with van der Waals surface area (Å²) in [5.41, 5.74) is -1.10. The molecule has 2 aliphatic carbocycles. The third-order valence-corrected chi connectivity index (χ3v) is 8.09. The van der Waals surface area contributed by atoms with Gasteiger partial charge in [-0.2, -0.15) is 0 Å². The Kier molecular flexibility index (Phi) is 5.98. The molecule has 2 heterocycles. The highest BCUT2D eigenvalue weighted by molar-refractivity contribution is 5.46. The van der Waals surface area contributed by atoms with Gasteiger partial charge in [-0.05, 0) is 76.0 Å². The van der Waals surface area contributed by atoms with Crippen molar-refractivity contribution in [2.45, 2.75) is 61.5 Å². The lowest BCUT2D eigenvalue weighted by atomic mass is 9.58. The first-order valence-corrected chi connectivity index (χ1v) is 11.9. The second kappa shape index (κ2) is 8.54. The summed E-state index contributed by atoms with van der Waals surface area (Å²) in [7, 11) is 3.87. The van der Waals surface area contributed by atoms with Crippen LogP contribution in [0.4, 0.5) is 23.4 Å². The van der Waals surface area contributed by atoms with Gasteiger partial charge in [-0.15, -0.1) is 13.2 Å². The van der Waals surface area contributed by atoms with Crippen molar-refractivity contribution < 1.29 is 32.5 Å². The van der Waals surface area contributed by atoms with E-state index in [0.717, 1.165) is 24.2 Å². The van der Waals surface area contributed by atoms with E-state index in [2.05, 4.69) is 14.6 Å². The normalized spacial score (nSPS) is 29.9. The number of halogens is 4. The quantitative estimate of drug-likeness (QED) is 0.577. The number of ether oxygens (including phenoxy) is 1. The SMILES string of the molecule is CN(C)[C@]1(c2cccc(F)c2)C[C@@]2(CN(c3ccc(OC(F)(F)F)cn3)C(O)N2CC2(O)CCC2)C1. The van der Waals surface area contributed by atoms with E-state index in [4.69, 9.17) is 0 Å². The Balaban J connectivity index is 1.45. The maximum atomic E-state index is 14.1. The zero-order valence-electron chi connectivity index (χ0n) is 20.2. The minimum absolute atomic E-state index is 0.257. The molecule has 1 unspecified atom stereocenters. The molecule has 1 aromatic carbocycles. The Morgan fingerprint density at radius 3 is 2.42 bits per heavy atom. The number of alkyl halides is 3. The molecule has 1 aromatic heterocycles. The van der Waals surface area contributed by atoms with Gasteiger partial charge in [0, 0.05) is 24.2 Å². The molecule has 0 amide bonds. The molecule has 1 saturated heterocycles. The van der Waals surface area contributed by atoms with E-state index in [9.17, 15) is 27.8 Å². The fourth-order valence-corrected chi connectivity index (χ4v) is 6.06. The average molecular weight is 511 g/mol. The zero-order chi connectivity index (χ0) is 25.9. The summed E-state index contributed by atoms with van der Waals surface area (Å²) in [5.74, 6) is -0.474. The van der Waals surface area contributed by atoms with Crippen molar-refractivity contribution in [3.05, 3.63) is 54.0 Å². The molecule has 2 N–H and O–H groups in total. The van der Waals surface area contributed by atoms with E-state index in [-0.39, 0.29) is 12.4 Å². The molecule has 5 rings (SSSR count). The number of benzene rings is 1. The van der Waals surface area contributed by atoms with E-state index in [1.54, 1.807) is 11.0 Å². The molecule has 1 spiro atoms. The van der Waals surface area contributed by atoms with Crippen LogP contribution in [-0.4, -0.2) is 76.0 Å². The van der Waals surface area contributed by atoms with Gasteiger partial charge in [0.1, 0.15) is 17.4 Å². The molecule has 36 heavy (non-hydrogen) atoms. The van der Waals surface area contributed by atoms with Crippen LogP contribution in [0, 0.1) is 5.82 Å². The molecule has 3 fully saturated rings. The Morgan fingerprint density at radius 2 is 1.89 bits per heavy atom. The lowest BCUT2D eigenvalue weighted by Gasteiger charge is -2.61. The van der Waals surface area contributed by atoms with Gasteiger partial charge in [0.2, 0.25) is 0 Å². The van der Waals surface area contributed by atoms with Crippen LogP contribution >= 0.6 is 0 Å². The fourth-order valence-electron chi connectivity index (χ4n) is 6.06. The van der Waals surface area contributed by atoms with Crippen LogP contribution in [0.1, 0.15) is 37.7 Å². The standard InChI is InChI=1S/C25H30F4N4O3/c1-31(2)24(17-5-3-6-18(26)11-17)13-22(14-24)15-32(21(34)33(22)16-23(35)9-4-10-23)20-8-7-19(12-30-20)36-25(27,28)29/h3,5-8,11-12,21,34-35H,4,9-10,13-16H2,1-2H3/t21?,22-,24+. The van der Waals surface area contributed by atoms with Gasteiger partial charge in [0.15, 0.2) is 6.35 Å². The van der Waals surface area contributed by atoms with Crippen LogP contribution in [0.25, 0.3) is 0 Å². The van der Waals surface area contributed by atoms with Crippen molar-refractivity contribution in [1.29, 1.82) is 0 Å². The minimum Gasteiger partial charge on any atom is -0.404 e. The highest BCUT2D eigenvalue weighted by atomic mass is 19.4. The van der Waals surface area contributed by atoms with Gasteiger partial charge in [-0.1, -0.05) is 12.1 Å². The van der Waals surface area contributed by atoms with Crippen LogP contribution in [-0.2, 0) is 5.54 Å². The third-order valence-electron chi connectivity index (χ3n) is 8.09. The molecular formula is C25H30F4N4O3. The Bertz CT molecular complexity index is 1100. The highest BCUT2D eigenvalue weighted by Gasteiger charge is 2.65. The van der Waals surface area contributed by atoms with E-state index in [1.165, 1.54) is 18.2 Å². The van der Waals surface area contributed by atoms with Gasteiger partial charge < -0.3 is 19.8 Å². The van der Waals surface area contributed by atoms with Crippen LogP contribution in [0.15, 0.2) is 42.6 Å². The smallest absolute Gasteiger partial charge is 0.404 e. The maximum absolute atomic E-state index is 14.1. The van der Waals surface area contributed by atoms with Crippen molar-refractivity contribution >= 4 is 5.82 Å². The molecular weight excluding hydrogens is 480 g/mol. The number of aliphatic hydroxyl groups is 2. The predicted octanol–water partition coefficient (Wildman–Crippen LogP) is 3.42. The third kappa shape index (κ3) is 4.31. The monoisotopic (exact) mass is 510 g/mol. The highest BCUT2D eigenvalue weighted by Crippen LogP contribution is 2.58. The summed E-state index contributed by atoms with van der Waals surface area (Å²) in [5, 5.41) is 22.3. The van der Waals surface area contributed by atoms with Crippen LogP contribution < -0.4 is 9.64 Å². The summed E-state index contributed by atoms with van der Waals surface area (Å²) >= 11 is 0.